The van der Waals surface area contributed by atoms with Gasteiger partial charge in [0.2, 0.25) is 0 Å². The van der Waals surface area contributed by atoms with Gasteiger partial charge < -0.3 is 5.32 Å². The Bertz CT molecular complexity index is 318. The number of rotatable bonds is 6. The van der Waals surface area contributed by atoms with Crippen molar-refractivity contribution in [1.29, 1.82) is 0 Å². The molecule has 16 heavy (non-hydrogen) atoms. The third-order valence-corrected chi connectivity index (χ3v) is 4.86. The van der Waals surface area contributed by atoms with Gasteiger partial charge in [0.15, 0.2) is 0 Å². The third kappa shape index (κ3) is 3.56. The van der Waals surface area contributed by atoms with Crippen molar-refractivity contribution >= 4 is 29.1 Å². The number of halogens is 1. The molecule has 1 N–H and O–H groups in total. The van der Waals surface area contributed by atoms with E-state index < -0.39 is 0 Å². The highest BCUT2D eigenvalue weighted by atomic mass is 35.5. The third-order valence-electron chi connectivity index (χ3n) is 3.06. The molecule has 0 aliphatic heterocycles. The fourth-order valence-corrected chi connectivity index (χ4v) is 2.60. The standard InChI is InChI=1S/C12H19ClN2S/c1-4-12(5-2,16-3)9-15-10-6-7-14-11(13)8-10/h6-8H,4-5,9H2,1-3H3,(H,14,15). The predicted molar refractivity (Wildman–Crippen MR) is 74.6 cm³/mol. The lowest BCUT2D eigenvalue weighted by Gasteiger charge is -2.30. The summed E-state index contributed by atoms with van der Waals surface area (Å²) in [5, 5.41) is 3.97. The largest absolute Gasteiger partial charge is 0.384 e. The van der Waals surface area contributed by atoms with Gasteiger partial charge in [-0.15, -0.1) is 0 Å². The van der Waals surface area contributed by atoms with Crippen molar-refractivity contribution in [3.63, 3.8) is 0 Å². The van der Waals surface area contributed by atoms with Crippen LogP contribution in [0, 0.1) is 0 Å². The molecule has 0 aliphatic carbocycles. The van der Waals surface area contributed by atoms with E-state index in [-0.39, 0.29) is 0 Å². The zero-order valence-corrected chi connectivity index (χ0v) is 11.7. The van der Waals surface area contributed by atoms with E-state index in [1.54, 1.807) is 6.20 Å². The molecule has 0 radical (unpaired) electrons. The van der Waals surface area contributed by atoms with Crippen LogP contribution in [0.5, 0.6) is 0 Å². The van der Waals surface area contributed by atoms with Gasteiger partial charge in [0, 0.05) is 23.2 Å². The molecule has 0 aromatic carbocycles. The van der Waals surface area contributed by atoms with Crippen molar-refractivity contribution < 1.29 is 0 Å². The minimum Gasteiger partial charge on any atom is -0.384 e. The molecule has 1 aromatic rings. The monoisotopic (exact) mass is 258 g/mol. The molecular weight excluding hydrogens is 240 g/mol. The van der Waals surface area contributed by atoms with Crippen molar-refractivity contribution in [1.82, 2.24) is 4.98 Å². The van der Waals surface area contributed by atoms with Gasteiger partial charge in [0.25, 0.3) is 0 Å². The van der Waals surface area contributed by atoms with Crippen LogP contribution in [-0.2, 0) is 0 Å². The first kappa shape index (κ1) is 13.7. The van der Waals surface area contributed by atoms with Crippen LogP contribution in [0.1, 0.15) is 26.7 Å². The van der Waals surface area contributed by atoms with Gasteiger partial charge in [-0.2, -0.15) is 11.8 Å². The van der Waals surface area contributed by atoms with E-state index in [2.05, 4.69) is 30.4 Å². The minimum absolute atomic E-state index is 0.315. The second kappa shape index (κ2) is 6.36. The van der Waals surface area contributed by atoms with Gasteiger partial charge in [-0.05, 0) is 31.2 Å². The van der Waals surface area contributed by atoms with Gasteiger partial charge in [0.05, 0.1) is 0 Å². The van der Waals surface area contributed by atoms with Gasteiger partial charge in [-0.1, -0.05) is 25.4 Å². The number of thioether (sulfide) groups is 1. The second-order valence-electron chi connectivity index (χ2n) is 3.82. The maximum atomic E-state index is 5.84. The maximum Gasteiger partial charge on any atom is 0.131 e. The van der Waals surface area contributed by atoms with E-state index >= 15 is 0 Å². The number of pyridine rings is 1. The van der Waals surface area contributed by atoms with E-state index in [1.165, 1.54) is 0 Å². The zero-order chi connectivity index (χ0) is 12.0. The number of anilines is 1. The lowest BCUT2D eigenvalue weighted by Crippen LogP contribution is -2.31. The quantitative estimate of drug-likeness (QED) is 0.779. The predicted octanol–water partition coefficient (Wildman–Crippen LogP) is 4.07. The summed E-state index contributed by atoms with van der Waals surface area (Å²) in [6.07, 6.45) is 6.23. The molecular formula is C12H19ClN2S. The Morgan fingerprint density at radius 3 is 2.62 bits per heavy atom. The first-order valence-electron chi connectivity index (χ1n) is 5.56. The molecule has 0 spiro atoms. The molecule has 0 unspecified atom stereocenters. The molecule has 1 aromatic heterocycles. The lowest BCUT2D eigenvalue weighted by atomic mass is 10.0. The van der Waals surface area contributed by atoms with Gasteiger partial charge in [-0.3, -0.25) is 0 Å². The number of aromatic nitrogens is 1. The molecule has 0 aliphatic rings. The van der Waals surface area contributed by atoms with Crippen molar-refractivity contribution in [2.45, 2.75) is 31.4 Å². The fraction of sp³-hybridized carbons (Fsp3) is 0.583. The van der Waals surface area contributed by atoms with Crippen molar-refractivity contribution in [2.24, 2.45) is 0 Å². The van der Waals surface area contributed by atoms with Crippen LogP contribution in [-0.4, -0.2) is 22.5 Å². The molecule has 0 fully saturated rings. The summed E-state index contributed by atoms with van der Waals surface area (Å²) in [4.78, 5) is 3.96. The molecule has 1 heterocycles. The Balaban J connectivity index is 2.62. The van der Waals surface area contributed by atoms with E-state index in [4.69, 9.17) is 11.6 Å². The number of hydrogen-bond acceptors (Lipinski definition) is 3. The van der Waals surface area contributed by atoms with Crippen LogP contribution >= 0.6 is 23.4 Å². The summed E-state index contributed by atoms with van der Waals surface area (Å²) in [6, 6.07) is 3.81. The molecule has 1 rings (SSSR count). The smallest absolute Gasteiger partial charge is 0.131 e. The van der Waals surface area contributed by atoms with Crippen LogP contribution in [0.25, 0.3) is 0 Å². The molecule has 0 saturated carbocycles. The van der Waals surface area contributed by atoms with Crippen LogP contribution in [0.15, 0.2) is 18.3 Å². The normalized spacial score (nSPS) is 11.5. The van der Waals surface area contributed by atoms with Crippen LogP contribution < -0.4 is 5.32 Å². The van der Waals surface area contributed by atoms with E-state index in [9.17, 15) is 0 Å². The summed E-state index contributed by atoms with van der Waals surface area (Å²) < 4.78 is 0.315. The lowest BCUT2D eigenvalue weighted by molar-refractivity contribution is 0.575. The Hall–Kier alpha value is -0.410. The topological polar surface area (TPSA) is 24.9 Å². The fourth-order valence-electron chi connectivity index (χ4n) is 1.64. The summed E-state index contributed by atoms with van der Waals surface area (Å²) in [7, 11) is 0. The highest BCUT2D eigenvalue weighted by Gasteiger charge is 2.24. The first-order valence-corrected chi connectivity index (χ1v) is 7.16. The Kier molecular flexibility index (Phi) is 5.42. The summed E-state index contributed by atoms with van der Waals surface area (Å²) in [5.41, 5.74) is 1.04. The molecule has 0 saturated heterocycles. The maximum absolute atomic E-state index is 5.84. The van der Waals surface area contributed by atoms with Gasteiger partial charge in [-0.25, -0.2) is 4.98 Å². The minimum atomic E-state index is 0.315. The number of nitrogens with one attached hydrogen (secondary N) is 1. The summed E-state index contributed by atoms with van der Waals surface area (Å²) in [6.45, 7) is 5.43. The van der Waals surface area contributed by atoms with Crippen molar-refractivity contribution in [3.05, 3.63) is 23.5 Å². The second-order valence-corrected chi connectivity index (χ2v) is 5.48. The van der Waals surface area contributed by atoms with Gasteiger partial charge >= 0.3 is 0 Å². The van der Waals surface area contributed by atoms with Crippen molar-refractivity contribution in [2.75, 3.05) is 18.1 Å². The van der Waals surface area contributed by atoms with Crippen LogP contribution in [0.3, 0.4) is 0 Å². The number of nitrogens with zero attached hydrogens (tertiary/aromatic N) is 1. The Labute approximate surface area is 107 Å². The highest BCUT2D eigenvalue weighted by molar-refractivity contribution is 8.00. The summed E-state index contributed by atoms with van der Waals surface area (Å²) in [5.74, 6) is 0. The number of hydrogen-bond donors (Lipinski definition) is 1. The Morgan fingerprint density at radius 2 is 2.12 bits per heavy atom. The molecule has 0 atom stereocenters. The van der Waals surface area contributed by atoms with Gasteiger partial charge in [0.1, 0.15) is 5.15 Å². The first-order chi connectivity index (χ1) is 7.65. The Morgan fingerprint density at radius 1 is 1.44 bits per heavy atom. The van der Waals surface area contributed by atoms with Crippen LogP contribution in [0.4, 0.5) is 5.69 Å². The van der Waals surface area contributed by atoms with E-state index in [0.29, 0.717) is 9.90 Å². The average Bonchev–Trinajstić information content (AvgIpc) is 2.32. The zero-order valence-electron chi connectivity index (χ0n) is 10.1. The van der Waals surface area contributed by atoms with Crippen LogP contribution in [0.2, 0.25) is 5.15 Å². The molecule has 90 valence electrons. The van der Waals surface area contributed by atoms with Crippen molar-refractivity contribution in [3.8, 4) is 0 Å². The summed E-state index contributed by atoms with van der Waals surface area (Å²) >= 11 is 7.77. The molecule has 2 nitrogen and oxygen atoms in total. The van der Waals surface area contributed by atoms with E-state index in [1.807, 2.05) is 23.9 Å². The highest BCUT2D eigenvalue weighted by Crippen LogP contribution is 2.30. The molecule has 0 amide bonds. The SMILES string of the molecule is CCC(CC)(CNc1ccnc(Cl)c1)SC. The molecule has 0 bridgehead atoms. The van der Waals surface area contributed by atoms with E-state index in [0.717, 1.165) is 25.1 Å². The molecule has 4 heteroatoms. The average molecular weight is 259 g/mol.